The van der Waals surface area contributed by atoms with E-state index in [-0.39, 0.29) is 0 Å². The summed E-state index contributed by atoms with van der Waals surface area (Å²) in [5, 5.41) is 7.67. The standard InChI is InChI=1S/C13H15BrN4/c14-11-6-3-9-18-12(11)16-13(17-18)15-8-7-10-4-1-2-5-10/h3-4,6,9H,1-2,5,7-8H2,(H,15,17). The van der Waals surface area contributed by atoms with Gasteiger partial charge in [-0.3, -0.25) is 0 Å². The fourth-order valence-corrected chi connectivity index (χ4v) is 2.67. The Hall–Kier alpha value is -1.36. The smallest absolute Gasteiger partial charge is 0.243 e. The Balaban J connectivity index is 1.65. The molecule has 1 aliphatic carbocycles. The van der Waals surface area contributed by atoms with Gasteiger partial charge in [-0.25, -0.2) is 4.52 Å². The number of pyridine rings is 1. The molecule has 0 fully saturated rings. The molecule has 3 rings (SSSR count). The van der Waals surface area contributed by atoms with E-state index in [0.29, 0.717) is 5.95 Å². The molecule has 0 aromatic carbocycles. The van der Waals surface area contributed by atoms with Crippen LogP contribution in [0.15, 0.2) is 34.5 Å². The van der Waals surface area contributed by atoms with E-state index in [1.165, 1.54) is 19.3 Å². The van der Waals surface area contributed by atoms with Crippen LogP contribution in [0, 0.1) is 0 Å². The molecule has 2 heterocycles. The number of nitrogens with zero attached hydrogens (tertiary/aromatic N) is 3. The minimum Gasteiger partial charge on any atom is -0.353 e. The summed E-state index contributed by atoms with van der Waals surface area (Å²) >= 11 is 3.47. The maximum Gasteiger partial charge on any atom is 0.243 e. The Morgan fingerprint density at radius 3 is 3.17 bits per heavy atom. The monoisotopic (exact) mass is 306 g/mol. The molecule has 94 valence electrons. The maximum atomic E-state index is 4.45. The van der Waals surface area contributed by atoms with Gasteiger partial charge in [0.2, 0.25) is 5.95 Å². The van der Waals surface area contributed by atoms with Crippen LogP contribution in [0.4, 0.5) is 5.95 Å². The minimum absolute atomic E-state index is 0.695. The molecule has 1 N–H and O–H groups in total. The number of hydrogen-bond donors (Lipinski definition) is 1. The van der Waals surface area contributed by atoms with Gasteiger partial charge in [-0.2, -0.15) is 4.98 Å². The number of hydrogen-bond acceptors (Lipinski definition) is 3. The third-order valence-electron chi connectivity index (χ3n) is 3.18. The largest absolute Gasteiger partial charge is 0.353 e. The van der Waals surface area contributed by atoms with Crippen LogP contribution in [0.3, 0.4) is 0 Å². The van der Waals surface area contributed by atoms with Crippen molar-refractivity contribution in [2.45, 2.75) is 25.7 Å². The van der Waals surface area contributed by atoms with Gasteiger partial charge in [0.25, 0.3) is 0 Å². The van der Waals surface area contributed by atoms with E-state index in [9.17, 15) is 0 Å². The average molecular weight is 307 g/mol. The number of halogens is 1. The summed E-state index contributed by atoms with van der Waals surface area (Å²) in [6.45, 7) is 0.903. The van der Waals surface area contributed by atoms with Crippen molar-refractivity contribution in [3.63, 3.8) is 0 Å². The van der Waals surface area contributed by atoms with E-state index in [1.54, 1.807) is 10.1 Å². The molecule has 5 heteroatoms. The molecular formula is C13H15BrN4. The van der Waals surface area contributed by atoms with E-state index in [1.807, 2.05) is 18.3 Å². The summed E-state index contributed by atoms with van der Waals surface area (Å²) in [6, 6.07) is 3.91. The number of nitrogens with one attached hydrogen (secondary N) is 1. The maximum absolute atomic E-state index is 4.45. The van der Waals surface area contributed by atoms with Gasteiger partial charge >= 0.3 is 0 Å². The molecule has 0 spiro atoms. The molecular weight excluding hydrogens is 292 g/mol. The SMILES string of the molecule is Brc1cccn2nc(NCCC3=CCCC3)nc12. The Morgan fingerprint density at radius 1 is 1.44 bits per heavy atom. The molecule has 18 heavy (non-hydrogen) atoms. The van der Waals surface area contributed by atoms with Crippen molar-refractivity contribution in [3.05, 3.63) is 34.5 Å². The summed E-state index contributed by atoms with van der Waals surface area (Å²) < 4.78 is 2.74. The first-order valence-corrected chi connectivity index (χ1v) is 7.05. The zero-order chi connectivity index (χ0) is 12.4. The van der Waals surface area contributed by atoms with E-state index in [4.69, 9.17) is 0 Å². The number of allylic oxidation sites excluding steroid dienone is 1. The van der Waals surface area contributed by atoms with Gasteiger partial charge in [-0.1, -0.05) is 11.6 Å². The van der Waals surface area contributed by atoms with Crippen molar-refractivity contribution in [2.75, 3.05) is 11.9 Å². The fraction of sp³-hybridized carbons (Fsp3) is 0.385. The Morgan fingerprint density at radius 2 is 2.39 bits per heavy atom. The first kappa shape index (κ1) is 11.7. The van der Waals surface area contributed by atoms with Crippen molar-refractivity contribution in [3.8, 4) is 0 Å². The highest BCUT2D eigenvalue weighted by Crippen LogP contribution is 2.20. The number of aromatic nitrogens is 3. The van der Waals surface area contributed by atoms with Crippen molar-refractivity contribution in [2.24, 2.45) is 0 Å². The van der Waals surface area contributed by atoms with Gasteiger partial charge in [-0.15, -0.1) is 5.10 Å². The van der Waals surface area contributed by atoms with E-state index in [2.05, 4.69) is 37.4 Å². The van der Waals surface area contributed by atoms with Crippen molar-refractivity contribution >= 4 is 27.5 Å². The molecule has 0 unspecified atom stereocenters. The first-order chi connectivity index (χ1) is 8.83. The molecule has 0 bridgehead atoms. The number of fused-ring (bicyclic) bond motifs is 1. The van der Waals surface area contributed by atoms with Gasteiger partial charge < -0.3 is 5.32 Å². The van der Waals surface area contributed by atoms with Crippen LogP contribution in [-0.2, 0) is 0 Å². The second kappa shape index (κ2) is 5.10. The van der Waals surface area contributed by atoms with Gasteiger partial charge in [-0.05, 0) is 53.7 Å². The normalized spacial score (nSPS) is 15.1. The predicted molar refractivity (Wildman–Crippen MR) is 75.7 cm³/mol. The van der Waals surface area contributed by atoms with Crippen LogP contribution in [-0.4, -0.2) is 21.1 Å². The second-order valence-electron chi connectivity index (χ2n) is 4.49. The third kappa shape index (κ3) is 2.41. The molecule has 0 amide bonds. The van der Waals surface area contributed by atoms with Crippen LogP contribution in [0.5, 0.6) is 0 Å². The summed E-state index contributed by atoms with van der Waals surface area (Å²) in [7, 11) is 0. The van der Waals surface area contributed by atoms with Crippen molar-refractivity contribution in [1.82, 2.24) is 14.6 Å². The highest BCUT2D eigenvalue weighted by Gasteiger charge is 2.07. The van der Waals surface area contributed by atoms with E-state index in [0.717, 1.165) is 23.1 Å². The zero-order valence-corrected chi connectivity index (χ0v) is 11.7. The third-order valence-corrected chi connectivity index (χ3v) is 3.80. The fourth-order valence-electron chi connectivity index (χ4n) is 2.25. The van der Waals surface area contributed by atoms with Crippen molar-refractivity contribution < 1.29 is 0 Å². The summed E-state index contributed by atoms with van der Waals surface area (Å²) in [6.07, 6.45) is 9.17. The lowest BCUT2D eigenvalue weighted by molar-refractivity contribution is 0.857. The zero-order valence-electron chi connectivity index (χ0n) is 10.1. The topological polar surface area (TPSA) is 42.2 Å². The summed E-state index contributed by atoms with van der Waals surface area (Å²) in [4.78, 5) is 4.45. The predicted octanol–water partition coefficient (Wildman–Crippen LogP) is 3.40. The highest BCUT2D eigenvalue weighted by molar-refractivity contribution is 9.10. The van der Waals surface area contributed by atoms with Gasteiger partial charge in [0, 0.05) is 12.7 Å². The van der Waals surface area contributed by atoms with Crippen LogP contribution in [0.2, 0.25) is 0 Å². The van der Waals surface area contributed by atoms with Crippen LogP contribution in [0.1, 0.15) is 25.7 Å². The molecule has 4 nitrogen and oxygen atoms in total. The Labute approximate surface area is 114 Å². The Bertz CT molecular complexity index is 588. The quantitative estimate of drug-likeness (QED) is 0.880. The molecule has 0 radical (unpaired) electrons. The number of anilines is 1. The van der Waals surface area contributed by atoms with E-state index >= 15 is 0 Å². The summed E-state index contributed by atoms with van der Waals surface area (Å²) in [5.41, 5.74) is 2.41. The lowest BCUT2D eigenvalue weighted by Gasteiger charge is -2.02. The van der Waals surface area contributed by atoms with E-state index < -0.39 is 0 Å². The summed E-state index contributed by atoms with van der Waals surface area (Å²) in [5.74, 6) is 0.695. The lowest BCUT2D eigenvalue weighted by atomic mass is 10.2. The van der Waals surface area contributed by atoms with Crippen LogP contribution in [0.25, 0.3) is 5.65 Å². The number of rotatable bonds is 4. The Kier molecular flexibility index (Phi) is 3.32. The first-order valence-electron chi connectivity index (χ1n) is 6.25. The average Bonchev–Trinajstić information content (AvgIpc) is 2.98. The van der Waals surface area contributed by atoms with Crippen molar-refractivity contribution in [1.29, 1.82) is 0 Å². The second-order valence-corrected chi connectivity index (χ2v) is 5.35. The van der Waals surface area contributed by atoms with Gasteiger partial charge in [0.1, 0.15) is 0 Å². The molecule has 0 atom stereocenters. The lowest BCUT2D eigenvalue weighted by Crippen LogP contribution is -2.03. The molecule has 2 aromatic rings. The minimum atomic E-state index is 0.695. The van der Waals surface area contributed by atoms with Gasteiger partial charge in [0.15, 0.2) is 5.65 Å². The van der Waals surface area contributed by atoms with Gasteiger partial charge in [0.05, 0.1) is 4.47 Å². The molecule has 0 aliphatic heterocycles. The molecule has 1 aliphatic rings. The highest BCUT2D eigenvalue weighted by atomic mass is 79.9. The van der Waals surface area contributed by atoms with Crippen LogP contribution < -0.4 is 5.32 Å². The molecule has 0 saturated carbocycles. The van der Waals surface area contributed by atoms with Crippen LogP contribution >= 0.6 is 15.9 Å². The molecule has 2 aromatic heterocycles. The molecule has 0 saturated heterocycles.